The lowest BCUT2D eigenvalue weighted by atomic mass is 10.2. The van der Waals surface area contributed by atoms with Gasteiger partial charge in [0.05, 0.1) is 0 Å². The van der Waals surface area contributed by atoms with Crippen LogP contribution in [0.2, 0.25) is 0 Å². The Labute approximate surface area is 121 Å². The lowest BCUT2D eigenvalue weighted by Gasteiger charge is -2.13. The van der Waals surface area contributed by atoms with Gasteiger partial charge in [-0.15, -0.1) is 0 Å². The number of aryl methyl sites for hydroxylation is 2. The number of hydrogen-bond acceptors (Lipinski definition) is 3. The van der Waals surface area contributed by atoms with Gasteiger partial charge in [-0.05, 0) is 48.2 Å². The van der Waals surface area contributed by atoms with E-state index < -0.39 is 8.60 Å². The van der Waals surface area contributed by atoms with Gasteiger partial charge in [0.15, 0.2) is 0 Å². The smallest absolute Gasteiger partial charge is 0.418 e. The van der Waals surface area contributed by atoms with Gasteiger partial charge in [-0.25, -0.2) is 0 Å². The lowest BCUT2D eigenvalue weighted by molar-refractivity contribution is 0.381. The first-order chi connectivity index (χ1) is 9.71. The number of benzene rings is 2. The highest BCUT2D eigenvalue weighted by atomic mass is 31.2. The highest BCUT2D eigenvalue weighted by Gasteiger charge is 2.11. The molecule has 3 nitrogen and oxygen atoms in total. The van der Waals surface area contributed by atoms with Crippen LogP contribution in [0.4, 0.5) is 0 Å². The van der Waals surface area contributed by atoms with E-state index in [9.17, 15) is 4.89 Å². The molecule has 0 atom stereocenters. The zero-order valence-electron chi connectivity index (χ0n) is 11.7. The van der Waals surface area contributed by atoms with E-state index >= 15 is 0 Å². The van der Waals surface area contributed by atoms with Gasteiger partial charge in [0.1, 0.15) is 11.5 Å². The van der Waals surface area contributed by atoms with Gasteiger partial charge in [0, 0.05) is 0 Å². The Morgan fingerprint density at radius 1 is 0.850 bits per heavy atom. The Balaban J connectivity index is 1.99. The van der Waals surface area contributed by atoms with Crippen molar-refractivity contribution in [2.45, 2.75) is 26.7 Å². The molecule has 20 heavy (non-hydrogen) atoms. The summed E-state index contributed by atoms with van der Waals surface area (Å²) in [6.07, 6.45) is 1.86. The van der Waals surface area contributed by atoms with Crippen LogP contribution in [-0.4, -0.2) is 4.89 Å². The fraction of sp³-hybridized carbons (Fsp3) is 0.250. The van der Waals surface area contributed by atoms with Crippen molar-refractivity contribution in [2.24, 2.45) is 0 Å². The molecule has 4 heteroatoms. The molecule has 0 aliphatic carbocycles. The van der Waals surface area contributed by atoms with Gasteiger partial charge >= 0.3 is 8.60 Å². The van der Waals surface area contributed by atoms with Crippen molar-refractivity contribution in [3.63, 3.8) is 0 Å². The molecule has 0 aliphatic rings. The van der Waals surface area contributed by atoms with Crippen molar-refractivity contribution in [3.8, 4) is 11.5 Å². The molecule has 0 heterocycles. The van der Waals surface area contributed by atoms with Crippen molar-refractivity contribution in [1.29, 1.82) is 0 Å². The van der Waals surface area contributed by atoms with E-state index in [2.05, 4.69) is 13.8 Å². The highest BCUT2D eigenvalue weighted by molar-refractivity contribution is 7.41. The Bertz CT molecular complexity index is 507. The molecule has 0 saturated carbocycles. The fourth-order valence-electron chi connectivity index (χ4n) is 1.84. The summed E-state index contributed by atoms with van der Waals surface area (Å²) in [5.41, 5.74) is 2.33. The van der Waals surface area contributed by atoms with E-state index in [0.29, 0.717) is 11.5 Å². The molecule has 106 valence electrons. The summed E-state index contributed by atoms with van der Waals surface area (Å²) in [5, 5.41) is 0. The molecule has 0 spiro atoms. The van der Waals surface area contributed by atoms with Gasteiger partial charge in [0.2, 0.25) is 0 Å². The summed E-state index contributed by atoms with van der Waals surface area (Å²) in [6.45, 7) is 4.15. The standard InChI is InChI=1S/C16H19O3P/c1-3-13-7-5-9-15(11-13)18-20(17)19-16-10-6-8-14(4-2)12-16/h5-12,17H,3-4H2,1-2H3. The maximum absolute atomic E-state index is 9.90. The van der Waals surface area contributed by atoms with Crippen LogP contribution in [0.1, 0.15) is 25.0 Å². The third-order valence-corrected chi connectivity index (χ3v) is 3.71. The Hall–Kier alpha value is -1.57. The molecule has 0 unspecified atom stereocenters. The molecule has 0 bridgehead atoms. The first kappa shape index (κ1) is 14.8. The van der Waals surface area contributed by atoms with Gasteiger partial charge < -0.3 is 13.9 Å². The molecule has 2 rings (SSSR count). The molecular formula is C16H19O3P. The van der Waals surface area contributed by atoms with Crippen molar-refractivity contribution >= 4 is 8.60 Å². The predicted molar refractivity (Wildman–Crippen MR) is 82.0 cm³/mol. The minimum Gasteiger partial charge on any atom is -0.418 e. The second-order valence-electron chi connectivity index (χ2n) is 4.42. The Morgan fingerprint density at radius 2 is 1.30 bits per heavy atom. The van der Waals surface area contributed by atoms with E-state index in [1.54, 1.807) is 0 Å². The summed E-state index contributed by atoms with van der Waals surface area (Å²) in [4.78, 5) is 9.90. The van der Waals surface area contributed by atoms with Crippen LogP contribution in [0.3, 0.4) is 0 Å². The molecular weight excluding hydrogens is 271 g/mol. The second-order valence-corrected chi connectivity index (χ2v) is 5.26. The van der Waals surface area contributed by atoms with Crippen LogP contribution in [0.25, 0.3) is 0 Å². The first-order valence-corrected chi connectivity index (χ1v) is 7.87. The van der Waals surface area contributed by atoms with Crippen LogP contribution < -0.4 is 9.05 Å². The Kier molecular flexibility index (Phi) is 5.40. The predicted octanol–water partition coefficient (Wildman–Crippen LogP) is 4.49. The molecule has 0 aliphatic heterocycles. The van der Waals surface area contributed by atoms with Crippen LogP contribution in [0.15, 0.2) is 48.5 Å². The SMILES string of the molecule is CCc1cccc(OP(O)Oc2cccc(CC)c2)c1. The topological polar surface area (TPSA) is 38.7 Å². The van der Waals surface area contributed by atoms with Gasteiger partial charge in [-0.1, -0.05) is 38.1 Å². The summed E-state index contributed by atoms with van der Waals surface area (Å²) < 4.78 is 10.9. The summed E-state index contributed by atoms with van der Waals surface area (Å²) >= 11 is 0. The maximum Gasteiger partial charge on any atom is 0.460 e. The summed E-state index contributed by atoms with van der Waals surface area (Å²) in [7, 11) is -1.97. The van der Waals surface area contributed by atoms with Gasteiger partial charge in [-0.2, -0.15) is 0 Å². The second kappa shape index (κ2) is 7.28. The quantitative estimate of drug-likeness (QED) is 0.797. The van der Waals surface area contributed by atoms with Crippen LogP contribution in [-0.2, 0) is 12.8 Å². The fourth-order valence-corrected chi connectivity index (χ4v) is 2.47. The zero-order chi connectivity index (χ0) is 14.4. The molecule has 0 amide bonds. The molecule has 2 aromatic rings. The third kappa shape index (κ3) is 4.22. The monoisotopic (exact) mass is 290 g/mol. The van der Waals surface area contributed by atoms with E-state index in [0.717, 1.165) is 12.8 Å². The van der Waals surface area contributed by atoms with Crippen molar-refractivity contribution < 1.29 is 13.9 Å². The average molecular weight is 290 g/mol. The number of hydrogen-bond donors (Lipinski definition) is 1. The molecule has 0 aromatic heterocycles. The van der Waals surface area contributed by atoms with Gasteiger partial charge in [0.25, 0.3) is 0 Å². The molecule has 0 radical (unpaired) electrons. The van der Waals surface area contributed by atoms with Crippen molar-refractivity contribution in [2.75, 3.05) is 0 Å². The molecule has 2 aromatic carbocycles. The lowest BCUT2D eigenvalue weighted by Crippen LogP contribution is -1.95. The number of rotatable bonds is 6. The van der Waals surface area contributed by atoms with E-state index in [4.69, 9.17) is 9.05 Å². The van der Waals surface area contributed by atoms with Crippen molar-refractivity contribution in [1.82, 2.24) is 0 Å². The minimum atomic E-state index is -1.97. The van der Waals surface area contributed by atoms with Gasteiger partial charge in [-0.3, -0.25) is 0 Å². The van der Waals surface area contributed by atoms with Crippen LogP contribution in [0.5, 0.6) is 11.5 Å². The van der Waals surface area contributed by atoms with Crippen molar-refractivity contribution in [3.05, 3.63) is 59.7 Å². The average Bonchev–Trinajstić information content (AvgIpc) is 2.47. The summed E-state index contributed by atoms with van der Waals surface area (Å²) in [5.74, 6) is 1.26. The first-order valence-electron chi connectivity index (χ1n) is 6.74. The molecule has 0 fully saturated rings. The van der Waals surface area contributed by atoms with E-state index in [1.807, 2.05) is 48.5 Å². The van der Waals surface area contributed by atoms with Crippen LogP contribution >= 0.6 is 8.60 Å². The largest absolute Gasteiger partial charge is 0.460 e. The van der Waals surface area contributed by atoms with E-state index in [1.165, 1.54) is 11.1 Å². The molecule has 1 N–H and O–H groups in total. The third-order valence-electron chi connectivity index (χ3n) is 2.98. The Morgan fingerprint density at radius 3 is 1.70 bits per heavy atom. The molecule has 0 saturated heterocycles. The highest BCUT2D eigenvalue weighted by Crippen LogP contribution is 2.36. The van der Waals surface area contributed by atoms with Crippen LogP contribution in [0, 0.1) is 0 Å². The van der Waals surface area contributed by atoms with E-state index in [-0.39, 0.29) is 0 Å². The maximum atomic E-state index is 9.90. The zero-order valence-corrected chi connectivity index (χ0v) is 12.6. The normalized spacial score (nSPS) is 10.6. The minimum absolute atomic E-state index is 0.629. The summed E-state index contributed by atoms with van der Waals surface area (Å²) in [6, 6.07) is 15.3.